The molecule has 1 N–H and O–H groups in total. The Morgan fingerprint density at radius 2 is 1.86 bits per heavy atom. The van der Waals surface area contributed by atoms with E-state index in [0.29, 0.717) is 6.04 Å². The molecule has 1 amide bonds. The lowest BCUT2D eigenvalue weighted by Crippen LogP contribution is -2.45. The van der Waals surface area contributed by atoms with Gasteiger partial charge in [-0.1, -0.05) is 44.2 Å². The first-order valence-corrected chi connectivity index (χ1v) is 9.08. The molecular formula is C17H26N2OS. The average Bonchev–Trinajstić information content (AvgIpc) is 2.54. The first-order valence-electron chi connectivity index (χ1n) is 7.93. The highest BCUT2D eigenvalue weighted by Crippen LogP contribution is 2.23. The Kier molecular flexibility index (Phi) is 6.58. The monoisotopic (exact) mass is 306 g/mol. The molecule has 0 aromatic heterocycles. The normalized spacial score (nSPS) is 17.7. The van der Waals surface area contributed by atoms with Crippen molar-refractivity contribution in [2.45, 2.75) is 38.8 Å². The fourth-order valence-corrected chi connectivity index (χ4v) is 3.98. The summed E-state index contributed by atoms with van der Waals surface area (Å²) in [6.07, 6.45) is 2.19. The van der Waals surface area contributed by atoms with Crippen LogP contribution in [-0.4, -0.2) is 41.4 Å². The van der Waals surface area contributed by atoms with Crippen molar-refractivity contribution in [3.8, 4) is 0 Å². The van der Waals surface area contributed by atoms with Crippen LogP contribution in [0.1, 0.15) is 38.3 Å². The van der Waals surface area contributed by atoms with Gasteiger partial charge < -0.3 is 5.32 Å². The predicted molar refractivity (Wildman–Crippen MR) is 90.6 cm³/mol. The van der Waals surface area contributed by atoms with Crippen LogP contribution in [0.25, 0.3) is 0 Å². The predicted octanol–water partition coefficient (Wildman–Crippen LogP) is 3.08. The fourth-order valence-electron chi connectivity index (χ4n) is 2.87. The SMILES string of the molecule is CCN(CC)C(C(=O)NC1CCSCC1)c1ccccc1. The summed E-state index contributed by atoms with van der Waals surface area (Å²) in [5, 5.41) is 3.27. The van der Waals surface area contributed by atoms with E-state index in [0.717, 1.165) is 43.0 Å². The molecule has 3 nitrogen and oxygen atoms in total. The second kappa shape index (κ2) is 8.44. The van der Waals surface area contributed by atoms with Crippen LogP contribution >= 0.6 is 11.8 Å². The maximum absolute atomic E-state index is 12.8. The number of hydrogen-bond donors (Lipinski definition) is 1. The lowest BCUT2D eigenvalue weighted by Gasteiger charge is -2.31. The van der Waals surface area contributed by atoms with Gasteiger partial charge in [-0.3, -0.25) is 9.69 Å². The first kappa shape index (κ1) is 16.4. The van der Waals surface area contributed by atoms with Crippen LogP contribution in [-0.2, 0) is 4.79 Å². The van der Waals surface area contributed by atoms with Crippen molar-refractivity contribution in [3.05, 3.63) is 35.9 Å². The summed E-state index contributed by atoms with van der Waals surface area (Å²) in [5.74, 6) is 2.47. The summed E-state index contributed by atoms with van der Waals surface area (Å²) in [7, 11) is 0. The molecule has 0 radical (unpaired) electrons. The molecule has 0 bridgehead atoms. The number of thioether (sulfide) groups is 1. The van der Waals surface area contributed by atoms with E-state index in [4.69, 9.17) is 0 Å². The van der Waals surface area contributed by atoms with Crippen molar-refractivity contribution in [1.29, 1.82) is 0 Å². The molecular weight excluding hydrogens is 280 g/mol. The number of benzene rings is 1. The summed E-state index contributed by atoms with van der Waals surface area (Å²) in [4.78, 5) is 15.0. The third kappa shape index (κ3) is 4.48. The topological polar surface area (TPSA) is 32.3 Å². The third-order valence-electron chi connectivity index (χ3n) is 4.11. The molecule has 1 unspecified atom stereocenters. The molecule has 1 fully saturated rings. The summed E-state index contributed by atoms with van der Waals surface area (Å²) >= 11 is 1.98. The number of likely N-dealkylation sites (N-methyl/N-ethyl adjacent to an activating group) is 1. The zero-order chi connectivity index (χ0) is 15.1. The van der Waals surface area contributed by atoms with Crippen LogP contribution in [0.15, 0.2) is 30.3 Å². The Morgan fingerprint density at radius 1 is 1.24 bits per heavy atom. The van der Waals surface area contributed by atoms with Crippen molar-refractivity contribution in [3.63, 3.8) is 0 Å². The molecule has 0 aliphatic carbocycles. The van der Waals surface area contributed by atoms with Gasteiger partial charge >= 0.3 is 0 Å². The summed E-state index contributed by atoms with van der Waals surface area (Å²) in [6.45, 7) is 5.99. The van der Waals surface area contributed by atoms with E-state index in [1.807, 2.05) is 30.0 Å². The minimum absolute atomic E-state index is 0.154. The highest BCUT2D eigenvalue weighted by atomic mass is 32.2. The van der Waals surface area contributed by atoms with Crippen LogP contribution in [0.3, 0.4) is 0 Å². The number of carbonyl (C=O) groups excluding carboxylic acids is 1. The molecule has 2 rings (SSSR count). The number of carbonyl (C=O) groups is 1. The van der Waals surface area contributed by atoms with Crippen LogP contribution in [0, 0.1) is 0 Å². The van der Waals surface area contributed by atoms with Gasteiger partial charge in [-0.25, -0.2) is 0 Å². The highest BCUT2D eigenvalue weighted by Gasteiger charge is 2.27. The van der Waals surface area contributed by atoms with Gasteiger partial charge in [-0.15, -0.1) is 0 Å². The van der Waals surface area contributed by atoms with E-state index >= 15 is 0 Å². The average molecular weight is 306 g/mol. The van der Waals surface area contributed by atoms with Gasteiger partial charge in [0.25, 0.3) is 0 Å². The molecule has 1 heterocycles. The molecule has 116 valence electrons. The van der Waals surface area contributed by atoms with E-state index in [2.05, 4.69) is 36.2 Å². The maximum Gasteiger partial charge on any atom is 0.242 e. The Labute approximate surface area is 132 Å². The molecule has 0 saturated carbocycles. The lowest BCUT2D eigenvalue weighted by atomic mass is 10.0. The summed E-state index contributed by atoms with van der Waals surface area (Å²) in [6, 6.07) is 10.3. The molecule has 4 heteroatoms. The number of hydrogen-bond acceptors (Lipinski definition) is 3. The number of amides is 1. The minimum Gasteiger partial charge on any atom is -0.352 e. The van der Waals surface area contributed by atoms with Crippen LogP contribution in [0.2, 0.25) is 0 Å². The zero-order valence-corrected chi connectivity index (χ0v) is 13.9. The standard InChI is InChI=1S/C17H26N2OS/c1-3-19(4-2)16(14-8-6-5-7-9-14)17(20)18-15-10-12-21-13-11-15/h5-9,15-16H,3-4,10-13H2,1-2H3,(H,18,20). The maximum atomic E-state index is 12.8. The molecule has 0 spiro atoms. The van der Waals surface area contributed by atoms with Gasteiger partial charge in [0.15, 0.2) is 0 Å². The van der Waals surface area contributed by atoms with E-state index < -0.39 is 0 Å². The van der Waals surface area contributed by atoms with E-state index in [9.17, 15) is 4.79 Å². The smallest absolute Gasteiger partial charge is 0.242 e. The Hall–Kier alpha value is -1.00. The van der Waals surface area contributed by atoms with Crippen molar-refractivity contribution in [2.24, 2.45) is 0 Å². The van der Waals surface area contributed by atoms with E-state index in [1.54, 1.807) is 0 Å². The molecule has 1 aromatic rings. The van der Waals surface area contributed by atoms with Crippen molar-refractivity contribution >= 4 is 17.7 Å². The fraction of sp³-hybridized carbons (Fsp3) is 0.588. The van der Waals surface area contributed by atoms with Gasteiger partial charge in [-0.05, 0) is 43.0 Å². The number of rotatable bonds is 6. The summed E-state index contributed by atoms with van der Waals surface area (Å²) in [5.41, 5.74) is 1.09. The van der Waals surface area contributed by atoms with Gasteiger partial charge in [-0.2, -0.15) is 11.8 Å². The number of nitrogens with one attached hydrogen (secondary N) is 1. The highest BCUT2D eigenvalue weighted by molar-refractivity contribution is 7.99. The second-order valence-corrected chi connectivity index (χ2v) is 6.65. The third-order valence-corrected chi connectivity index (χ3v) is 5.16. The minimum atomic E-state index is -0.171. The van der Waals surface area contributed by atoms with Crippen molar-refractivity contribution in [1.82, 2.24) is 10.2 Å². The quantitative estimate of drug-likeness (QED) is 0.876. The molecule has 1 atom stereocenters. The Morgan fingerprint density at radius 3 is 2.43 bits per heavy atom. The van der Waals surface area contributed by atoms with Crippen LogP contribution < -0.4 is 5.32 Å². The lowest BCUT2D eigenvalue weighted by molar-refractivity contribution is -0.127. The number of nitrogens with zero attached hydrogens (tertiary/aromatic N) is 1. The van der Waals surface area contributed by atoms with Gasteiger partial charge in [0.1, 0.15) is 6.04 Å². The zero-order valence-electron chi connectivity index (χ0n) is 13.0. The van der Waals surface area contributed by atoms with Gasteiger partial charge in [0.05, 0.1) is 0 Å². The summed E-state index contributed by atoms with van der Waals surface area (Å²) < 4.78 is 0. The largest absolute Gasteiger partial charge is 0.352 e. The first-order chi connectivity index (χ1) is 10.3. The molecule has 1 aliphatic rings. The molecule has 1 saturated heterocycles. The van der Waals surface area contributed by atoms with Crippen molar-refractivity contribution < 1.29 is 4.79 Å². The van der Waals surface area contributed by atoms with Crippen molar-refractivity contribution in [2.75, 3.05) is 24.6 Å². The van der Waals surface area contributed by atoms with Gasteiger partial charge in [0.2, 0.25) is 5.91 Å². The Balaban J connectivity index is 2.12. The molecule has 21 heavy (non-hydrogen) atoms. The van der Waals surface area contributed by atoms with Crippen LogP contribution in [0.4, 0.5) is 0 Å². The molecule has 1 aliphatic heterocycles. The van der Waals surface area contributed by atoms with Crippen LogP contribution in [0.5, 0.6) is 0 Å². The second-order valence-electron chi connectivity index (χ2n) is 5.43. The van der Waals surface area contributed by atoms with Gasteiger partial charge in [0, 0.05) is 6.04 Å². The molecule has 1 aromatic carbocycles. The van der Waals surface area contributed by atoms with E-state index in [-0.39, 0.29) is 11.9 Å². The van der Waals surface area contributed by atoms with E-state index in [1.165, 1.54) is 0 Å². The Bertz CT molecular complexity index is 428.